The highest BCUT2D eigenvalue weighted by atomic mass is 32.1. The first-order valence-electron chi connectivity index (χ1n) is 9.13. The maximum atomic E-state index is 12.7. The first-order valence-corrected chi connectivity index (χ1v) is 10.0. The molecule has 0 bridgehead atoms. The Balaban J connectivity index is 1.42. The molecule has 0 saturated carbocycles. The van der Waals surface area contributed by atoms with Crippen LogP contribution in [0.5, 0.6) is 0 Å². The molecule has 1 unspecified atom stereocenters. The molecule has 1 aromatic carbocycles. The molecule has 3 aromatic rings. The number of aromatic nitrogens is 3. The van der Waals surface area contributed by atoms with E-state index in [2.05, 4.69) is 20.5 Å². The maximum Gasteiger partial charge on any atom is 0.274 e. The molecule has 3 heterocycles. The highest BCUT2D eigenvalue weighted by molar-refractivity contribution is 7.16. The van der Waals surface area contributed by atoms with Gasteiger partial charge in [0.15, 0.2) is 0 Å². The van der Waals surface area contributed by atoms with E-state index >= 15 is 0 Å². The van der Waals surface area contributed by atoms with Crippen LogP contribution in [-0.4, -0.2) is 58.2 Å². The Morgan fingerprint density at radius 3 is 3.03 bits per heavy atom. The first-order chi connectivity index (χ1) is 14.1. The summed E-state index contributed by atoms with van der Waals surface area (Å²) in [5, 5.41) is 8.98. The van der Waals surface area contributed by atoms with Gasteiger partial charge in [0, 0.05) is 25.7 Å². The molecule has 1 atom stereocenters. The lowest BCUT2D eigenvalue weighted by Gasteiger charge is -2.22. The summed E-state index contributed by atoms with van der Waals surface area (Å²) in [6.45, 7) is 1.52. The van der Waals surface area contributed by atoms with Gasteiger partial charge in [-0.15, -0.1) is 11.3 Å². The zero-order valence-electron chi connectivity index (χ0n) is 15.5. The summed E-state index contributed by atoms with van der Waals surface area (Å²) in [5.74, 6) is -1.02. The molecule has 1 aliphatic rings. The van der Waals surface area contributed by atoms with Crippen molar-refractivity contribution in [1.82, 2.24) is 25.4 Å². The van der Waals surface area contributed by atoms with Crippen LogP contribution >= 0.6 is 11.3 Å². The van der Waals surface area contributed by atoms with Crippen molar-refractivity contribution in [2.45, 2.75) is 6.54 Å². The molecule has 1 aliphatic heterocycles. The molecule has 10 heteroatoms. The Morgan fingerprint density at radius 1 is 1.31 bits per heavy atom. The van der Waals surface area contributed by atoms with Gasteiger partial charge in [-0.25, -0.2) is 10.1 Å². The lowest BCUT2D eigenvalue weighted by molar-refractivity contribution is -0.126. The fraction of sp³-hybridized carbons (Fsp3) is 0.316. The largest absolute Gasteiger partial charge is 0.379 e. The van der Waals surface area contributed by atoms with Crippen molar-refractivity contribution in [1.29, 1.82) is 0 Å². The van der Waals surface area contributed by atoms with Gasteiger partial charge in [0.2, 0.25) is 5.91 Å². The van der Waals surface area contributed by atoms with Crippen LogP contribution in [0.3, 0.4) is 0 Å². The van der Waals surface area contributed by atoms with Gasteiger partial charge in [0.1, 0.15) is 5.69 Å². The highest BCUT2D eigenvalue weighted by Crippen LogP contribution is 2.22. The van der Waals surface area contributed by atoms with Crippen LogP contribution in [0.15, 0.2) is 40.6 Å². The van der Waals surface area contributed by atoms with Gasteiger partial charge in [-0.3, -0.25) is 14.4 Å². The number of carbonyl (C=O) groups excluding carboxylic acids is 2. The number of thiazole rings is 1. The molecule has 9 nitrogen and oxygen atoms in total. The van der Waals surface area contributed by atoms with Crippen LogP contribution in [0.25, 0.3) is 10.2 Å². The van der Waals surface area contributed by atoms with Gasteiger partial charge in [-0.1, -0.05) is 12.1 Å². The number of aromatic amines is 1. The minimum Gasteiger partial charge on any atom is -0.379 e. The molecule has 150 valence electrons. The van der Waals surface area contributed by atoms with Crippen LogP contribution in [0, 0.1) is 5.92 Å². The summed E-state index contributed by atoms with van der Waals surface area (Å²) < 4.78 is 6.58. The van der Waals surface area contributed by atoms with E-state index in [0.29, 0.717) is 19.7 Å². The third kappa shape index (κ3) is 4.33. The molecule has 2 N–H and O–H groups in total. The SMILES string of the molecule is O=C(NCc1cccc2ncsc12)C1COCCN(C(=O)c2ccc(=O)[nH]n2)C1. The summed E-state index contributed by atoms with van der Waals surface area (Å²) in [6, 6.07) is 8.43. The predicted octanol–water partition coefficient (Wildman–Crippen LogP) is 0.785. The van der Waals surface area contributed by atoms with Crippen LogP contribution in [0.1, 0.15) is 16.1 Å². The molecular formula is C19H19N5O4S. The second-order valence-corrected chi connectivity index (χ2v) is 7.52. The second-order valence-electron chi connectivity index (χ2n) is 6.66. The number of hydrogen-bond acceptors (Lipinski definition) is 7. The molecule has 29 heavy (non-hydrogen) atoms. The fourth-order valence-corrected chi connectivity index (χ4v) is 3.99. The van der Waals surface area contributed by atoms with Crippen molar-refractivity contribution < 1.29 is 14.3 Å². The molecular weight excluding hydrogens is 394 g/mol. The Kier molecular flexibility index (Phi) is 5.63. The standard InChI is InChI=1S/C19H19N5O4S/c25-16-5-4-15(22-23-16)19(27)24-6-7-28-10-13(9-24)18(26)20-8-12-2-1-3-14-17(12)29-11-21-14/h1-5,11,13H,6-10H2,(H,20,26)(H,23,25). The van der Waals surface area contributed by atoms with E-state index in [1.807, 2.05) is 18.2 Å². The number of nitrogens with zero attached hydrogens (tertiary/aromatic N) is 3. The van der Waals surface area contributed by atoms with Gasteiger partial charge in [0.25, 0.3) is 11.5 Å². The Labute approximate surface area is 169 Å². The molecule has 2 aromatic heterocycles. The van der Waals surface area contributed by atoms with Crippen molar-refractivity contribution in [3.05, 3.63) is 57.5 Å². The average molecular weight is 413 g/mol. The fourth-order valence-electron chi connectivity index (χ4n) is 3.19. The van der Waals surface area contributed by atoms with Gasteiger partial charge in [0.05, 0.1) is 34.9 Å². The number of benzene rings is 1. The number of H-pyrrole nitrogens is 1. The number of carbonyl (C=O) groups is 2. The van der Waals surface area contributed by atoms with Crippen LogP contribution in [0.4, 0.5) is 0 Å². The molecule has 1 fully saturated rings. The van der Waals surface area contributed by atoms with Gasteiger partial charge in [-0.05, 0) is 17.7 Å². The van der Waals surface area contributed by atoms with E-state index in [1.165, 1.54) is 28.4 Å². The summed E-state index contributed by atoms with van der Waals surface area (Å²) in [6.07, 6.45) is 0. The molecule has 4 rings (SSSR count). The van der Waals surface area contributed by atoms with Crippen molar-refractivity contribution >= 4 is 33.4 Å². The van der Waals surface area contributed by atoms with Crippen molar-refractivity contribution in [2.24, 2.45) is 5.92 Å². The van der Waals surface area contributed by atoms with E-state index in [9.17, 15) is 14.4 Å². The van der Waals surface area contributed by atoms with E-state index in [1.54, 1.807) is 5.51 Å². The average Bonchev–Trinajstić information content (AvgIpc) is 3.09. The highest BCUT2D eigenvalue weighted by Gasteiger charge is 2.28. The van der Waals surface area contributed by atoms with E-state index in [4.69, 9.17) is 4.74 Å². The maximum absolute atomic E-state index is 12.7. The third-order valence-corrected chi connectivity index (χ3v) is 5.63. The molecule has 0 radical (unpaired) electrons. The summed E-state index contributed by atoms with van der Waals surface area (Å²) in [7, 11) is 0. The number of fused-ring (bicyclic) bond motifs is 1. The topological polar surface area (TPSA) is 117 Å². The number of amides is 2. The normalized spacial score (nSPS) is 17.1. The molecule has 1 saturated heterocycles. The quantitative estimate of drug-likeness (QED) is 0.653. The monoisotopic (exact) mass is 413 g/mol. The van der Waals surface area contributed by atoms with Gasteiger partial charge in [-0.2, -0.15) is 5.10 Å². The van der Waals surface area contributed by atoms with Crippen molar-refractivity contribution in [3.8, 4) is 0 Å². The Bertz CT molecular complexity index is 1070. The second kappa shape index (κ2) is 8.50. The third-order valence-electron chi connectivity index (χ3n) is 4.71. The van der Waals surface area contributed by atoms with Crippen molar-refractivity contribution in [2.75, 3.05) is 26.3 Å². The Hall–Kier alpha value is -3.11. The molecule has 0 spiro atoms. The lowest BCUT2D eigenvalue weighted by atomic mass is 10.1. The van der Waals surface area contributed by atoms with Crippen LogP contribution in [-0.2, 0) is 16.1 Å². The molecule has 0 aliphatic carbocycles. The van der Waals surface area contributed by atoms with Crippen molar-refractivity contribution in [3.63, 3.8) is 0 Å². The molecule has 2 amide bonds. The summed E-state index contributed by atoms with van der Waals surface area (Å²) in [5.41, 5.74) is 3.43. The van der Waals surface area contributed by atoms with E-state index in [0.717, 1.165) is 15.8 Å². The zero-order chi connectivity index (χ0) is 20.2. The predicted molar refractivity (Wildman–Crippen MR) is 107 cm³/mol. The Morgan fingerprint density at radius 2 is 2.21 bits per heavy atom. The van der Waals surface area contributed by atoms with E-state index < -0.39 is 5.92 Å². The zero-order valence-corrected chi connectivity index (χ0v) is 16.3. The lowest BCUT2D eigenvalue weighted by Crippen LogP contribution is -2.42. The van der Waals surface area contributed by atoms with E-state index in [-0.39, 0.29) is 36.2 Å². The summed E-state index contributed by atoms with van der Waals surface area (Å²) in [4.78, 5) is 42.4. The minimum absolute atomic E-state index is 0.127. The van der Waals surface area contributed by atoms with Crippen LogP contribution < -0.4 is 10.9 Å². The van der Waals surface area contributed by atoms with Gasteiger partial charge >= 0.3 is 0 Å². The van der Waals surface area contributed by atoms with Crippen LogP contribution in [0.2, 0.25) is 0 Å². The number of rotatable bonds is 4. The number of nitrogens with one attached hydrogen (secondary N) is 2. The first kappa shape index (κ1) is 19.2. The number of hydrogen-bond donors (Lipinski definition) is 2. The van der Waals surface area contributed by atoms with Gasteiger partial charge < -0.3 is 15.0 Å². The smallest absolute Gasteiger partial charge is 0.274 e. The minimum atomic E-state index is -0.495. The number of ether oxygens (including phenoxy) is 1. The summed E-state index contributed by atoms with van der Waals surface area (Å²) >= 11 is 1.54.